The summed E-state index contributed by atoms with van der Waals surface area (Å²) in [6.07, 6.45) is 1.07. The predicted octanol–water partition coefficient (Wildman–Crippen LogP) is 1.18. The average molecular weight is 475 g/mol. The van der Waals surface area contributed by atoms with Crippen LogP contribution in [0.4, 0.5) is 0 Å². The minimum Gasteiger partial charge on any atom is -0.379 e. The standard InChI is InChI=1S/C18H29N5O2.HI/c1-2-20-18(21-8-3-9-23-10-12-25-13-11-23)22-14-15-4-6-16(7-5-15)17(19)24;/h4-7H,2-3,8-14H2,1H3,(H2,19,24)(H2,20,21,22);1H. The second-order valence-corrected chi connectivity index (χ2v) is 5.99. The number of benzene rings is 1. The summed E-state index contributed by atoms with van der Waals surface area (Å²) in [4.78, 5) is 18.1. The average Bonchev–Trinajstić information content (AvgIpc) is 2.64. The monoisotopic (exact) mass is 475 g/mol. The van der Waals surface area contributed by atoms with E-state index >= 15 is 0 Å². The van der Waals surface area contributed by atoms with Gasteiger partial charge in [0.1, 0.15) is 0 Å². The molecule has 8 heteroatoms. The molecule has 1 amide bonds. The zero-order valence-electron chi connectivity index (χ0n) is 15.4. The summed E-state index contributed by atoms with van der Waals surface area (Å²) in [6, 6.07) is 7.23. The van der Waals surface area contributed by atoms with Gasteiger partial charge in [0.2, 0.25) is 5.91 Å². The minimum absolute atomic E-state index is 0. The van der Waals surface area contributed by atoms with Crippen molar-refractivity contribution in [2.24, 2.45) is 10.7 Å². The first kappa shape index (κ1) is 22.7. The van der Waals surface area contributed by atoms with E-state index in [1.54, 1.807) is 12.1 Å². The number of carbonyl (C=O) groups is 1. The topological polar surface area (TPSA) is 92.0 Å². The molecule has 0 aromatic heterocycles. The lowest BCUT2D eigenvalue weighted by atomic mass is 10.1. The van der Waals surface area contributed by atoms with Crippen molar-refractivity contribution in [3.05, 3.63) is 35.4 Å². The van der Waals surface area contributed by atoms with E-state index in [9.17, 15) is 4.79 Å². The highest BCUT2D eigenvalue weighted by Crippen LogP contribution is 2.05. The summed E-state index contributed by atoms with van der Waals surface area (Å²) in [6.45, 7) is 9.09. The number of guanidine groups is 1. The van der Waals surface area contributed by atoms with Crippen molar-refractivity contribution in [3.63, 3.8) is 0 Å². The van der Waals surface area contributed by atoms with Crippen molar-refractivity contribution >= 4 is 35.8 Å². The molecule has 0 spiro atoms. The van der Waals surface area contributed by atoms with Crippen molar-refractivity contribution in [3.8, 4) is 0 Å². The highest BCUT2D eigenvalue weighted by atomic mass is 127. The first-order valence-corrected chi connectivity index (χ1v) is 8.90. The third kappa shape index (κ3) is 8.33. The van der Waals surface area contributed by atoms with E-state index in [1.807, 2.05) is 19.1 Å². The van der Waals surface area contributed by atoms with E-state index in [2.05, 4.69) is 20.5 Å². The van der Waals surface area contributed by atoms with Crippen LogP contribution in [0.1, 0.15) is 29.3 Å². The van der Waals surface area contributed by atoms with E-state index in [-0.39, 0.29) is 24.0 Å². The van der Waals surface area contributed by atoms with E-state index < -0.39 is 5.91 Å². The fraction of sp³-hybridized carbons (Fsp3) is 0.556. The lowest BCUT2D eigenvalue weighted by Gasteiger charge is -2.26. The summed E-state index contributed by atoms with van der Waals surface area (Å²) in [5, 5.41) is 6.62. The predicted molar refractivity (Wildman–Crippen MR) is 115 cm³/mol. The van der Waals surface area contributed by atoms with Crippen LogP contribution in [0.2, 0.25) is 0 Å². The van der Waals surface area contributed by atoms with Gasteiger partial charge in [0, 0.05) is 31.7 Å². The summed E-state index contributed by atoms with van der Waals surface area (Å²) >= 11 is 0. The van der Waals surface area contributed by atoms with Crippen LogP contribution in [0, 0.1) is 0 Å². The maximum absolute atomic E-state index is 11.1. The molecular weight excluding hydrogens is 445 g/mol. The molecule has 0 saturated carbocycles. The van der Waals surface area contributed by atoms with Crippen LogP contribution >= 0.6 is 24.0 Å². The first-order chi connectivity index (χ1) is 12.2. The summed E-state index contributed by atoms with van der Waals surface area (Å²) in [5.74, 6) is 0.397. The fourth-order valence-electron chi connectivity index (χ4n) is 2.62. The zero-order valence-corrected chi connectivity index (χ0v) is 17.7. The largest absolute Gasteiger partial charge is 0.379 e. The molecule has 2 rings (SSSR count). The Balaban J connectivity index is 0.00000338. The van der Waals surface area contributed by atoms with Crippen molar-refractivity contribution < 1.29 is 9.53 Å². The van der Waals surface area contributed by atoms with Gasteiger partial charge in [-0.25, -0.2) is 4.99 Å². The maximum Gasteiger partial charge on any atom is 0.248 e. The van der Waals surface area contributed by atoms with Gasteiger partial charge < -0.3 is 21.1 Å². The molecule has 0 unspecified atom stereocenters. The van der Waals surface area contributed by atoms with Gasteiger partial charge in [-0.3, -0.25) is 9.69 Å². The van der Waals surface area contributed by atoms with Crippen molar-refractivity contribution in [1.82, 2.24) is 15.5 Å². The number of halogens is 1. The molecule has 1 aliphatic rings. The molecule has 1 fully saturated rings. The molecule has 7 nitrogen and oxygen atoms in total. The smallest absolute Gasteiger partial charge is 0.248 e. The van der Waals surface area contributed by atoms with Crippen LogP contribution in [0.15, 0.2) is 29.3 Å². The third-order valence-corrected chi connectivity index (χ3v) is 4.05. The molecule has 4 N–H and O–H groups in total. The van der Waals surface area contributed by atoms with Gasteiger partial charge in [-0.2, -0.15) is 0 Å². The molecule has 1 aliphatic heterocycles. The van der Waals surface area contributed by atoms with Crippen molar-refractivity contribution in [1.29, 1.82) is 0 Å². The zero-order chi connectivity index (χ0) is 17.9. The van der Waals surface area contributed by atoms with Gasteiger partial charge in [-0.15, -0.1) is 24.0 Å². The number of hydrogen-bond acceptors (Lipinski definition) is 4. The van der Waals surface area contributed by atoms with Crippen LogP contribution in [0.25, 0.3) is 0 Å². The Hall–Kier alpha value is -1.39. The Kier molecular flexibility index (Phi) is 11.2. The first-order valence-electron chi connectivity index (χ1n) is 8.90. The molecule has 0 bridgehead atoms. The number of nitrogens with zero attached hydrogens (tertiary/aromatic N) is 2. The van der Waals surface area contributed by atoms with Crippen LogP contribution in [-0.2, 0) is 11.3 Å². The lowest BCUT2D eigenvalue weighted by molar-refractivity contribution is 0.0376. The number of primary amides is 1. The summed E-state index contributed by atoms with van der Waals surface area (Å²) < 4.78 is 5.36. The molecule has 1 heterocycles. The number of aliphatic imine (C=N–C) groups is 1. The van der Waals surface area contributed by atoms with Crippen molar-refractivity contribution in [2.45, 2.75) is 19.9 Å². The maximum atomic E-state index is 11.1. The molecule has 146 valence electrons. The van der Waals surface area contributed by atoms with Gasteiger partial charge in [0.25, 0.3) is 0 Å². The summed E-state index contributed by atoms with van der Waals surface area (Å²) in [5.41, 5.74) is 6.80. The quantitative estimate of drug-likeness (QED) is 0.227. The SMILES string of the molecule is CCNC(=NCc1ccc(C(N)=O)cc1)NCCCN1CCOCC1.I. The Morgan fingerprint density at radius 2 is 1.92 bits per heavy atom. The molecule has 0 aliphatic carbocycles. The number of hydrogen-bond donors (Lipinski definition) is 3. The van der Waals surface area contributed by atoms with Crippen LogP contribution in [0.5, 0.6) is 0 Å². The van der Waals surface area contributed by atoms with Crippen molar-refractivity contribution in [2.75, 3.05) is 45.9 Å². The highest BCUT2D eigenvalue weighted by Gasteiger charge is 2.09. The summed E-state index contributed by atoms with van der Waals surface area (Å²) in [7, 11) is 0. The Labute approximate surface area is 172 Å². The number of rotatable bonds is 8. The van der Waals surface area contributed by atoms with E-state index in [1.165, 1.54) is 0 Å². The second kappa shape index (κ2) is 12.9. The second-order valence-electron chi connectivity index (χ2n) is 5.99. The van der Waals surface area contributed by atoms with Gasteiger partial charge in [0.15, 0.2) is 5.96 Å². The highest BCUT2D eigenvalue weighted by molar-refractivity contribution is 14.0. The number of nitrogens with one attached hydrogen (secondary N) is 2. The Bertz CT molecular complexity index is 559. The third-order valence-electron chi connectivity index (χ3n) is 4.05. The van der Waals surface area contributed by atoms with Gasteiger partial charge in [0.05, 0.1) is 19.8 Å². The number of morpholine rings is 1. The van der Waals surface area contributed by atoms with Crippen LogP contribution in [0.3, 0.4) is 0 Å². The number of nitrogens with two attached hydrogens (primary N) is 1. The fourth-order valence-corrected chi connectivity index (χ4v) is 2.62. The molecular formula is C18H30IN5O2. The molecule has 0 radical (unpaired) electrons. The molecule has 0 atom stereocenters. The number of ether oxygens (including phenoxy) is 1. The number of amides is 1. The van der Waals surface area contributed by atoms with E-state index in [4.69, 9.17) is 10.5 Å². The van der Waals surface area contributed by atoms with E-state index in [0.29, 0.717) is 12.1 Å². The molecule has 1 aromatic carbocycles. The van der Waals surface area contributed by atoms with Gasteiger partial charge in [-0.1, -0.05) is 12.1 Å². The molecule has 1 aromatic rings. The normalized spacial score (nSPS) is 15.2. The molecule has 1 saturated heterocycles. The van der Waals surface area contributed by atoms with E-state index in [0.717, 1.165) is 63.9 Å². The number of carbonyl (C=O) groups excluding carboxylic acids is 1. The van der Waals surface area contributed by atoms with Crippen LogP contribution < -0.4 is 16.4 Å². The van der Waals surface area contributed by atoms with Gasteiger partial charge in [-0.05, 0) is 37.6 Å². The lowest BCUT2D eigenvalue weighted by Crippen LogP contribution is -2.40. The van der Waals surface area contributed by atoms with Crippen LogP contribution in [-0.4, -0.2) is 62.7 Å². The molecule has 26 heavy (non-hydrogen) atoms. The van der Waals surface area contributed by atoms with Gasteiger partial charge >= 0.3 is 0 Å². The Morgan fingerprint density at radius 1 is 1.23 bits per heavy atom. The Morgan fingerprint density at radius 3 is 2.54 bits per heavy atom. The minimum atomic E-state index is -0.412.